The highest BCUT2D eigenvalue weighted by atomic mass is 35.5. The molecular weight excluding hydrogens is 298 g/mol. The van der Waals surface area contributed by atoms with Crippen molar-refractivity contribution >= 4 is 11.6 Å². The minimum Gasteiger partial charge on any atom is -0.493 e. The van der Waals surface area contributed by atoms with Crippen molar-refractivity contribution in [1.82, 2.24) is 0 Å². The van der Waals surface area contributed by atoms with E-state index in [-0.39, 0.29) is 6.04 Å². The van der Waals surface area contributed by atoms with Gasteiger partial charge in [0.05, 0.1) is 7.11 Å². The Kier molecular flexibility index (Phi) is 6.10. The quantitative estimate of drug-likeness (QED) is 0.831. The van der Waals surface area contributed by atoms with Crippen LogP contribution in [0.5, 0.6) is 11.5 Å². The standard InChI is InChI=1S/C18H22ClNO2/c1-3-16(20)10-14-6-9-17(18(11-14)21-2)22-12-13-4-7-15(19)8-5-13/h4-9,11,16H,3,10,12,20H2,1-2H3. The minimum absolute atomic E-state index is 0.172. The molecule has 0 spiro atoms. The zero-order valence-electron chi connectivity index (χ0n) is 13.0. The Balaban J connectivity index is 2.05. The Morgan fingerprint density at radius 3 is 2.36 bits per heavy atom. The van der Waals surface area contributed by atoms with Gasteiger partial charge in [-0.2, -0.15) is 0 Å². The van der Waals surface area contributed by atoms with Crippen LogP contribution in [0.1, 0.15) is 24.5 Å². The van der Waals surface area contributed by atoms with Gasteiger partial charge in [-0.15, -0.1) is 0 Å². The summed E-state index contributed by atoms with van der Waals surface area (Å²) in [6, 6.07) is 13.7. The minimum atomic E-state index is 0.172. The van der Waals surface area contributed by atoms with Crippen LogP contribution in [0.25, 0.3) is 0 Å². The van der Waals surface area contributed by atoms with E-state index in [9.17, 15) is 0 Å². The van der Waals surface area contributed by atoms with Crippen molar-refractivity contribution < 1.29 is 9.47 Å². The predicted octanol–water partition coefficient (Wildman–Crippen LogP) is 4.21. The summed E-state index contributed by atoms with van der Waals surface area (Å²) >= 11 is 5.88. The fourth-order valence-corrected chi connectivity index (χ4v) is 2.27. The highest BCUT2D eigenvalue weighted by molar-refractivity contribution is 6.30. The van der Waals surface area contributed by atoms with Gasteiger partial charge >= 0.3 is 0 Å². The summed E-state index contributed by atoms with van der Waals surface area (Å²) in [5.74, 6) is 1.46. The maximum absolute atomic E-state index is 6.00. The number of rotatable bonds is 7. The molecule has 1 atom stereocenters. The second-order valence-electron chi connectivity index (χ2n) is 5.27. The molecule has 2 aromatic rings. The van der Waals surface area contributed by atoms with Gasteiger partial charge in [-0.1, -0.05) is 36.7 Å². The molecule has 2 rings (SSSR count). The van der Waals surface area contributed by atoms with Crippen LogP contribution in [-0.2, 0) is 13.0 Å². The van der Waals surface area contributed by atoms with Gasteiger partial charge in [0.15, 0.2) is 11.5 Å². The maximum Gasteiger partial charge on any atom is 0.161 e. The highest BCUT2D eigenvalue weighted by Crippen LogP contribution is 2.29. The predicted molar refractivity (Wildman–Crippen MR) is 90.7 cm³/mol. The molecule has 0 saturated carbocycles. The van der Waals surface area contributed by atoms with Gasteiger partial charge in [0, 0.05) is 11.1 Å². The molecule has 2 aromatic carbocycles. The van der Waals surface area contributed by atoms with Crippen molar-refractivity contribution in [2.75, 3.05) is 7.11 Å². The SMILES string of the molecule is CCC(N)Cc1ccc(OCc2ccc(Cl)cc2)c(OC)c1. The van der Waals surface area contributed by atoms with Gasteiger partial charge in [-0.3, -0.25) is 0 Å². The summed E-state index contributed by atoms with van der Waals surface area (Å²) in [4.78, 5) is 0. The largest absolute Gasteiger partial charge is 0.493 e. The van der Waals surface area contributed by atoms with E-state index in [2.05, 4.69) is 6.92 Å². The maximum atomic E-state index is 6.00. The van der Waals surface area contributed by atoms with Gasteiger partial charge in [-0.25, -0.2) is 0 Å². The Morgan fingerprint density at radius 1 is 1.05 bits per heavy atom. The number of hydrogen-bond donors (Lipinski definition) is 1. The van der Waals surface area contributed by atoms with Gasteiger partial charge in [-0.05, 0) is 48.2 Å². The van der Waals surface area contributed by atoms with Crippen molar-refractivity contribution in [3.63, 3.8) is 0 Å². The number of methoxy groups -OCH3 is 1. The van der Waals surface area contributed by atoms with Gasteiger partial charge in [0.2, 0.25) is 0 Å². The van der Waals surface area contributed by atoms with Crippen molar-refractivity contribution in [3.05, 3.63) is 58.6 Å². The Morgan fingerprint density at radius 2 is 1.73 bits per heavy atom. The first-order valence-electron chi connectivity index (χ1n) is 7.42. The lowest BCUT2D eigenvalue weighted by molar-refractivity contribution is 0.284. The van der Waals surface area contributed by atoms with Crippen LogP contribution in [0.2, 0.25) is 5.02 Å². The first-order valence-corrected chi connectivity index (χ1v) is 7.80. The van der Waals surface area contributed by atoms with Crippen molar-refractivity contribution in [2.24, 2.45) is 5.73 Å². The molecule has 0 saturated heterocycles. The molecule has 4 heteroatoms. The number of halogens is 1. The Bertz CT molecular complexity index is 599. The second kappa shape index (κ2) is 8.06. The number of ether oxygens (including phenoxy) is 2. The van der Waals surface area contributed by atoms with E-state index in [1.165, 1.54) is 0 Å². The molecule has 0 radical (unpaired) electrons. The molecule has 0 aliphatic rings. The fourth-order valence-electron chi connectivity index (χ4n) is 2.15. The molecule has 0 aliphatic heterocycles. The average Bonchev–Trinajstić information content (AvgIpc) is 2.54. The first kappa shape index (κ1) is 16.7. The third-order valence-corrected chi connectivity index (χ3v) is 3.81. The summed E-state index contributed by atoms with van der Waals surface area (Å²) in [5, 5.41) is 0.720. The molecular formula is C18H22ClNO2. The first-order chi connectivity index (χ1) is 10.6. The fraction of sp³-hybridized carbons (Fsp3) is 0.333. The van der Waals surface area contributed by atoms with Gasteiger partial charge in [0.25, 0.3) is 0 Å². The van der Waals surface area contributed by atoms with E-state index in [1.807, 2.05) is 42.5 Å². The van der Waals surface area contributed by atoms with E-state index in [4.69, 9.17) is 26.8 Å². The van der Waals surface area contributed by atoms with Crippen LogP contribution in [0, 0.1) is 0 Å². The van der Waals surface area contributed by atoms with Crippen LogP contribution in [-0.4, -0.2) is 13.2 Å². The normalized spacial score (nSPS) is 12.0. The zero-order chi connectivity index (χ0) is 15.9. The van der Waals surface area contributed by atoms with Gasteiger partial charge in [0.1, 0.15) is 6.61 Å². The summed E-state index contributed by atoms with van der Waals surface area (Å²) in [7, 11) is 1.65. The van der Waals surface area contributed by atoms with Crippen LogP contribution in [0.15, 0.2) is 42.5 Å². The van der Waals surface area contributed by atoms with Crippen LogP contribution in [0.4, 0.5) is 0 Å². The Hall–Kier alpha value is -1.71. The molecule has 0 fully saturated rings. The molecule has 3 nitrogen and oxygen atoms in total. The molecule has 118 valence electrons. The lowest BCUT2D eigenvalue weighted by Crippen LogP contribution is -2.21. The van der Waals surface area contributed by atoms with E-state index < -0.39 is 0 Å². The lowest BCUT2D eigenvalue weighted by Gasteiger charge is -2.14. The van der Waals surface area contributed by atoms with E-state index in [1.54, 1.807) is 7.11 Å². The highest BCUT2D eigenvalue weighted by Gasteiger charge is 2.08. The van der Waals surface area contributed by atoms with Crippen LogP contribution >= 0.6 is 11.6 Å². The summed E-state index contributed by atoms with van der Waals surface area (Å²) < 4.78 is 11.3. The zero-order valence-corrected chi connectivity index (χ0v) is 13.8. The summed E-state index contributed by atoms with van der Waals surface area (Å²) in [5.41, 5.74) is 8.21. The molecule has 0 heterocycles. The van der Waals surface area contributed by atoms with Crippen LogP contribution in [0.3, 0.4) is 0 Å². The van der Waals surface area contributed by atoms with Crippen molar-refractivity contribution in [3.8, 4) is 11.5 Å². The molecule has 0 aromatic heterocycles. The third kappa shape index (κ3) is 4.65. The van der Waals surface area contributed by atoms with E-state index in [0.29, 0.717) is 6.61 Å². The molecule has 1 unspecified atom stereocenters. The number of nitrogens with two attached hydrogens (primary N) is 1. The summed E-state index contributed by atoms with van der Waals surface area (Å²) in [6.45, 7) is 2.56. The average molecular weight is 320 g/mol. The van der Waals surface area contributed by atoms with Crippen molar-refractivity contribution in [2.45, 2.75) is 32.4 Å². The molecule has 0 bridgehead atoms. The number of hydrogen-bond acceptors (Lipinski definition) is 3. The molecule has 2 N–H and O–H groups in total. The Labute approximate surface area is 137 Å². The smallest absolute Gasteiger partial charge is 0.161 e. The number of benzene rings is 2. The van der Waals surface area contributed by atoms with Gasteiger partial charge < -0.3 is 15.2 Å². The van der Waals surface area contributed by atoms with E-state index >= 15 is 0 Å². The summed E-state index contributed by atoms with van der Waals surface area (Å²) in [6.07, 6.45) is 1.79. The second-order valence-corrected chi connectivity index (χ2v) is 5.71. The molecule has 0 amide bonds. The lowest BCUT2D eigenvalue weighted by atomic mass is 10.0. The third-order valence-electron chi connectivity index (χ3n) is 3.56. The molecule has 22 heavy (non-hydrogen) atoms. The van der Waals surface area contributed by atoms with E-state index in [0.717, 1.165) is 40.5 Å². The topological polar surface area (TPSA) is 44.5 Å². The molecule has 0 aliphatic carbocycles. The monoisotopic (exact) mass is 319 g/mol. The van der Waals surface area contributed by atoms with Crippen LogP contribution < -0.4 is 15.2 Å². The van der Waals surface area contributed by atoms with Crippen molar-refractivity contribution in [1.29, 1.82) is 0 Å².